The highest BCUT2D eigenvalue weighted by molar-refractivity contribution is 6.30. The van der Waals surface area contributed by atoms with Gasteiger partial charge in [0.15, 0.2) is 0 Å². The summed E-state index contributed by atoms with van der Waals surface area (Å²) in [6.07, 6.45) is 1.66. The number of carbonyl (C=O) groups excluding carboxylic acids is 1. The minimum Gasteiger partial charge on any atom is -0.368 e. The van der Waals surface area contributed by atoms with Crippen molar-refractivity contribution in [3.63, 3.8) is 0 Å². The third kappa shape index (κ3) is 3.72. The average molecular weight is 411 g/mol. The second-order valence-electron chi connectivity index (χ2n) is 7.24. The molecule has 2 aromatic heterocycles. The number of pyridine rings is 2. The maximum Gasteiger partial charge on any atom is 0.259 e. The quantitative estimate of drug-likeness (QED) is 0.664. The van der Waals surface area contributed by atoms with Crippen molar-refractivity contribution in [2.45, 2.75) is 20.4 Å². The Morgan fingerprint density at radius 3 is 2.41 bits per heavy atom. The summed E-state index contributed by atoms with van der Waals surface area (Å²) in [4.78, 5) is 34.6. The molecule has 0 spiro atoms. The van der Waals surface area contributed by atoms with Crippen LogP contribution in [-0.2, 0) is 6.54 Å². The van der Waals surface area contributed by atoms with E-state index in [0.29, 0.717) is 48.8 Å². The number of amides is 1. The van der Waals surface area contributed by atoms with Gasteiger partial charge in [-0.25, -0.2) is 4.98 Å². The smallest absolute Gasteiger partial charge is 0.259 e. The Kier molecular flexibility index (Phi) is 5.28. The summed E-state index contributed by atoms with van der Waals surface area (Å²) in [5.41, 5.74) is 2.52. The van der Waals surface area contributed by atoms with Gasteiger partial charge in [0.25, 0.3) is 5.91 Å². The summed E-state index contributed by atoms with van der Waals surface area (Å²) in [7, 11) is 0. The van der Waals surface area contributed by atoms with Gasteiger partial charge in [0.05, 0.1) is 5.39 Å². The van der Waals surface area contributed by atoms with Crippen LogP contribution in [0.5, 0.6) is 0 Å². The van der Waals surface area contributed by atoms with Crippen molar-refractivity contribution in [1.82, 2.24) is 14.5 Å². The summed E-state index contributed by atoms with van der Waals surface area (Å²) >= 11 is 5.97. The van der Waals surface area contributed by atoms with E-state index in [2.05, 4.69) is 9.88 Å². The SMILES string of the molecule is CCn1cc(C(=O)N2CCN(c3ccc(Cl)cc3)CC2)c(=O)c2ccc(C)nc21. The van der Waals surface area contributed by atoms with Crippen molar-refractivity contribution < 1.29 is 4.79 Å². The molecule has 3 aromatic rings. The number of fused-ring (bicyclic) bond motifs is 1. The van der Waals surface area contributed by atoms with Crippen LogP contribution in [0.4, 0.5) is 5.69 Å². The van der Waals surface area contributed by atoms with Crippen LogP contribution in [0.3, 0.4) is 0 Å². The highest BCUT2D eigenvalue weighted by atomic mass is 35.5. The Labute approximate surface area is 174 Å². The molecule has 3 heterocycles. The molecular formula is C22H23ClN4O2. The molecule has 150 valence electrons. The van der Waals surface area contributed by atoms with E-state index in [-0.39, 0.29) is 16.9 Å². The normalized spacial score (nSPS) is 14.4. The van der Waals surface area contributed by atoms with Gasteiger partial charge >= 0.3 is 0 Å². The molecule has 7 heteroatoms. The number of halogens is 1. The number of carbonyl (C=O) groups is 1. The summed E-state index contributed by atoms with van der Waals surface area (Å²) in [6, 6.07) is 11.3. The molecule has 0 aliphatic carbocycles. The molecule has 1 saturated heterocycles. The Morgan fingerprint density at radius 2 is 1.76 bits per heavy atom. The standard InChI is InChI=1S/C22H23ClN4O2/c1-3-25-14-19(20(28)18-9-4-15(2)24-21(18)25)22(29)27-12-10-26(11-13-27)17-7-5-16(23)6-8-17/h4-9,14H,3,10-13H2,1-2H3. The lowest BCUT2D eigenvalue weighted by atomic mass is 10.1. The van der Waals surface area contributed by atoms with Crippen LogP contribution in [0.1, 0.15) is 23.0 Å². The third-order valence-corrected chi connectivity index (χ3v) is 5.64. The number of rotatable bonds is 3. The molecule has 0 radical (unpaired) electrons. The minimum atomic E-state index is -0.248. The maximum absolute atomic E-state index is 13.1. The van der Waals surface area contributed by atoms with Gasteiger partial charge in [0.2, 0.25) is 5.43 Å². The molecule has 1 aliphatic rings. The van der Waals surface area contributed by atoms with Gasteiger partial charge in [-0.05, 0) is 50.2 Å². The maximum atomic E-state index is 13.1. The first kappa shape index (κ1) is 19.5. The summed E-state index contributed by atoms with van der Waals surface area (Å²) in [5, 5.41) is 1.19. The monoisotopic (exact) mass is 410 g/mol. The lowest BCUT2D eigenvalue weighted by Crippen LogP contribution is -2.49. The molecular weight excluding hydrogens is 388 g/mol. The molecule has 4 rings (SSSR count). The molecule has 0 atom stereocenters. The van der Waals surface area contributed by atoms with Gasteiger partial charge in [0.1, 0.15) is 11.2 Å². The van der Waals surface area contributed by atoms with Crippen LogP contribution in [0.2, 0.25) is 5.02 Å². The Balaban J connectivity index is 1.58. The number of aromatic nitrogens is 2. The number of hydrogen-bond donors (Lipinski definition) is 0. The van der Waals surface area contributed by atoms with E-state index in [1.54, 1.807) is 17.2 Å². The molecule has 0 bridgehead atoms. The number of anilines is 1. The second-order valence-corrected chi connectivity index (χ2v) is 7.67. The van der Waals surface area contributed by atoms with E-state index in [0.717, 1.165) is 11.4 Å². The van der Waals surface area contributed by atoms with Crippen molar-refractivity contribution in [2.75, 3.05) is 31.1 Å². The van der Waals surface area contributed by atoms with Crippen LogP contribution in [0.15, 0.2) is 47.4 Å². The predicted octanol–water partition coefficient (Wildman–Crippen LogP) is 3.34. The number of nitrogens with zero attached hydrogens (tertiary/aromatic N) is 4. The van der Waals surface area contributed by atoms with E-state index in [1.165, 1.54) is 0 Å². The first-order valence-corrected chi connectivity index (χ1v) is 10.2. The average Bonchev–Trinajstić information content (AvgIpc) is 2.74. The fourth-order valence-corrected chi connectivity index (χ4v) is 3.87. The zero-order valence-electron chi connectivity index (χ0n) is 16.6. The largest absolute Gasteiger partial charge is 0.368 e. The van der Waals surface area contributed by atoms with Gasteiger partial charge in [-0.2, -0.15) is 0 Å². The van der Waals surface area contributed by atoms with E-state index in [1.807, 2.05) is 48.7 Å². The summed E-state index contributed by atoms with van der Waals surface area (Å²) < 4.78 is 1.88. The molecule has 1 aromatic carbocycles. The lowest BCUT2D eigenvalue weighted by molar-refractivity contribution is 0.0745. The van der Waals surface area contributed by atoms with Crippen molar-refractivity contribution in [2.24, 2.45) is 0 Å². The molecule has 1 aliphatic heterocycles. The lowest BCUT2D eigenvalue weighted by Gasteiger charge is -2.36. The fourth-order valence-electron chi connectivity index (χ4n) is 3.74. The number of aryl methyl sites for hydroxylation is 2. The zero-order valence-corrected chi connectivity index (χ0v) is 17.3. The Morgan fingerprint density at radius 1 is 1.07 bits per heavy atom. The van der Waals surface area contributed by atoms with E-state index in [9.17, 15) is 9.59 Å². The molecule has 29 heavy (non-hydrogen) atoms. The van der Waals surface area contributed by atoms with Crippen LogP contribution in [0, 0.1) is 6.92 Å². The third-order valence-electron chi connectivity index (χ3n) is 5.39. The zero-order chi connectivity index (χ0) is 20.5. The van der Waals surface area contributed by atoms with Gasteiger partial charge in [-0.15, -0.1) is 0 Å². The fraction of sp³-hybridized carbons (Fsp3) is 0.318. The van der Waals surface area contributed by atoms with Gasteiger partial charge in [-0.3, -0.25) is 9.59 Å². The van der Waals surface area contributed by atoms with Crippen LogP contribution >= 0.6 is 11.6 Å². The van der Waals surface area contributed by atoms with Crippen molar-refractivity contribution in [3.8, 4) is 0 Å². The predicted molar refractivity (Wildman–Crippen MR) is 116 cm³/mol. The van der Waals surface area contributed by atoms with Crippen LogP contribution in [-0.4, -0.2) is 46.5 Å². The molecule has 0 saturated carbocycles. The topological polar surface area (TPSA) is 58.4 Å². The Bertz CT molecular complexity index is 1120. The second kappa shape index (κ2) is 7.87. The van der Waals surface area contributed by atoms with Gasteiger partial charge < -0.3 is 14.4 Å². The van der Waals surface area contributed by atoms with E-state index >= 15 is 0 Å². The first-order chi connectivity index (χ1) is 14.0. The molecule has 0 N–H and O–H groups in total. The van der Waals surface area contributed by atoms with Crippen molar-refractivity contribution >= 4 is 34.2 Å². The molecule has 1 fully saturated rings. The van der Waals surface area contributed by atoms with Crippen molar-refractivity contribution in [1.29, 1.82) is 0 Å². The Hall–Kier alpha value is -2.86. The van der Waals surface area contributed by atoms with Gasteiger partial charge in [-0.1, -0.05) is 11.6 Å². The molecule has 1 amide bonds. The molecule has 0 unspecified atom stereocenters. The number of benzene rings is 1. The minimum absolute atomic E-state index is 0.213. The first-order valence-electron chi connectivity index (χ1n) is 9.78. The number of hydrogen-bond acceptors (Lipinski definition) is 4. The highest BCUT2D eigenvalue weighted by Crippen LogP contribution is 2.20. The van der Waals surface area contributed by atoms with Crippen molar-refractivity contribution in [3.05, 3.63) is 69.1 Å². The summed E-state index contributed by atoms with van der Waals surface area (Å²) in [6.45, 7) is 7.07. The van der Waals surface area contributed by atoms with E-state index < -0.39 is 0 Å². The van der Waals surface area contributed by atoms with E-state index in [4.69, 9.17) is 11.6 Å². The summed E-state index contributed by atoms with van der Waals surface area (Å²) in [5.74, 6) is -0.213. The number of piperazine rings is 1. The molecule has 6 nitrogen and oxygen atoms in total. The van der Waals surface area contributed by atoms with Crippen LogP contribution < -0.4 is 10.3 Å². The van der Waals surface area contributed by atoms with Crippen LogP contribution in [0.25, 0.3) is 11.0 Å². The van der Waals surface area contributed by atoms with Gasteiger partial charge in [0, 0.05) is 55.3 Å². The highest BCUT2D eigenvalue weighted by Gasteiger charge is 2.25.